The van der Waals surface area contributed by atoms with Crippen molar-refractivity contribution >= 4 is 5.91 Å². The summed E-state index contributed by atoms with van der Waals surface area (Å²) >= 11 is 0. The van der Waals surface area contributed by atoms with E-state index in [1.54, 1.807) is 0 Å². The van der Waals surface area contributed by atoms with Crippen LogP contribution in [0.15, 0.2) is 24.3 Å². The van der Waals surface area contributed by atoms with Crippen LogP contribution in [0.2, 0.25) is 0 Å². The van der Waals surface area contributed by atoms with Gasteiger partial charge in [-0.05, 0) is 37.5 Å². The minimum Gasteiger partial charge on any atom is -0.339 e. The molecule has 0 spiro atoms. The van der Waals surface area contributed by atoms with E-state index in [1.165, 1.54) is 12.1 Å². The molecular formula is C15H19F3N2O. The zero-order chi connectivity index (χ0) is 15.5. The topological polar surface area (TPSA) is 32.3 Å². The Morgan fingerprint density at radius 3 is 2.38 bits per heavy atom. The summed E-state index contributed by atoms with van der Waals surface area (Å²) in [6.07, 6.45) is -2.18. The van der Waals surface area contributed by atoms with Crippen molar-refractivity contribution < 1.29 is 18.0 Å². The molecular weight excluding hydrogens is 281 g/mol. The number of halogens is 3. The van der Waals surface area contributed by atoms with Crippen molar-refractivity contribution in [3.63, 3.8) is 0 Å². The van der Waals surface area contributed by atoms with Gasteiger partial charge in [-0.2, -0.15) is 13.2 Å². The summed E-state index contributed by atoms with van der Waals surface area (Å²) < 4.78 is 37.3. The molecule has 6 heteroatoms. The minimum atomic E-state index is -4.31. The summed E-state index contributed by atoms with van der Waals surface area (Å²) in [5.74, 6) is 0.0481. The molecule has 21 heavy (non-hydrogen) atoms. The molecule has 0 aliphatic heterocycles. The van der Waals surface area contributed by atoms with E-state index >= 15 is 0 Å². The number of hydrogen-bond donors (Lipinski definition) is 1. The molecule has 0 radical (unpaired) electrons. The molecule has 0 bridgehead atoms. The number of alkyl halides is 3. The van der Waals surface area contributed by atoms with Crippen LogP contribution in [0, 0.1) is 0 Å². The van der Waals surface area contributed by atoms with Crippen LogP contribution < -0.4 is 5.32 Å². The average Bonchev–Trinajstić information content (AvgIpc) is 3.24. The van der Waals surface area contributed by atoms with Gasteiger partial charge in [0.15, 0.2) is 0 Å². The van der Waals surface area contributed by atoms with Gasteiger partial charge in [0.2, 0.25) is 5.91 Å². The molecule has 0 aromatic heterocycles. The maximum absolute atomic E-state index is 12.4. The van der Waals surface area contributed by atoms with E-state index in [2.05, 4.69) is 5.32 Å². The van der Waals surface area contributed by atoms with Crippen molar-refractivity contribution in [3.8, 4) is 0 Å². The van der Waals surface area contributed by atoms with Crippen LogP contribution in [0.25, 0.3) is 0 Å². The smallest absolute Gasteiger partial charge is 0.339 e. The van der Waals surface area contributed by atoms with E-state index in [0.29, 0.717) is 19.1 Å². The molecule has 1 N–H and O–H groups in total. The Hall–Kier alpha value is -1.56. The molecule has 1 aliphatic carbocycles. The minimum absolute atomic E-state index is 0.0481. The summed E-state index contributed by atoms with van der Waals surface area (Å²) in [4.78, 5) is 13.8. The fourth-order valence-electron chi connectivity index (χ4n) is 2.25. The van der Waals surface area contributed by atoms with Crippen molar-refractivity contribution in [1.29, 1.82) is 0 Å². The molecule has 1 aromatic rings. The fourth-order valence-corrected chi connectivity index (χ4v) is 2.25. The Balaban J connectivity index is 1.79. The highest BCUT2D eigenvalue weighted by atomic mass is 19.4. The lowest BCUT2D eigenvalue weighted by Crippen LogP contribution is -2.39. The molecule has 1 saturated carbocycles. The van der Waals surface area contributed by atoms with E-state index in [4.69, 9.17) is 0 Å². The number of likely N-dealkylation sites (N-methyl/N-ethyl adjacent to an activating group) is 1. The molecule has 0 heterocycles. The van der Waals surface area contributed by atoms with Crippen LogP contribution >= 0.6 is 0 Å². The molecule has 1 aromatic carbocycles. The van der Waals surface area contributed by atoms with Gasteiger partial charge in [-0.15, -0.1) is 0 Å². The second-order valence-corrected chi connectivity index (χ2v) is 5.21. The third-order valence-electron chi connectivity index (χ3n) is 3.54. The van der Waals surface area contributed by atoms with E-state index in [1.807, 2.05) is 11.8 Å². The molecule has 0 saturated heterocycles. The molecule has 1 aliphatic rings. The van der Waals surface area contributed by atoms with E-state index in [-0.39, 0.29) is 12.5 Å². The van der Waals surface area contributed by atoms with Gasteiger partial charge in [-0.25, -0.2) is 0 Å². The average molecular weight is 300 g/mol. The monoisotopic (exact) mass is 300 g/mol. The van der Waals surface area contributed by atoms with Crippen LogP contribution in [-0.2, 0) is 17.5 Å². The molecule has 3 nitrogen and oxygen atoms in total. The molecule has 116 valence electrons. The van der Waals surface area contributed by atoms with Gasteiger partial charge in [-0.3, -0.25) is 4.79 Å². The van der Waals surface area contributed by atoms with Crippen LogP contribution in [0.3, 0.4) is 0 Å². The van der Waals surface area contributed by atoms with Crippen LogP contribution in [0.1, 0.15) is 30.9 Å². The van der Waals surface area contributed by atoms with Gasteiger partial charge in [0.1, 0.15) is 0 Å². The van der Waals surface area contributed by atoms with Crippen molar-refractivity contribution in [2.24, 2.45) is 0 Å². The largest absolute Gasteiger partial charge is 0.416 e. The van der Waals surface area contributed by atoms with Gasteiger partial charge in [0, 0.05) is 19.1 Å². The van der Waals surface area contributed by atoms with Crippen LogP contribution in [0.5, 0.6) is 0 Å². The SMILES string of the molecule is CCN(C(=O)CNCc1ccc(C(F)(F)F)cc1)C1CC1. The molecule has 2 rings (SSSR count). The summed E-state index contributed by atoms with van der Waals surface area (Å²) in [5.41, 5.74) is 0.0680. The van der Waals surface area contributed by atoms with E-state index < -0.39 is 11.7 Å². The second-order valence-electron chi connectivity index (χ2n) is 5.21. The van der Waals surface area contributed by atoms with Crippen molar-refractivity contribution in [2.45, 2.75) is 38.5 Å². The second kappa shape index (κ2) is 6.47. The normalized spacial score (nSPS) is 15.0. The predicted molar refractivity (Wildman–Crippen MR) is 73.6 cm³/mol. The van der Waals surface area contributed by atoms with Gasteiger partial charge in [0.25, 0.3) is 0 Å². The quantitative estimate of drug-likeness (QED) is 0.876. The zero-order valence-corrected chi connectivity index (χ0v) is 11.9. The highest BCUT2D eigenvalue weighted by Crippen LogP contribution is 2.29. The highest BCUT2D eigenvalue weighted by molar-refractivity contribution is 5.78. The van der Waals surface area contributed by atoms with Crippen molar-refractivity contribution in [2.75, 3.05) is 13.1 Å². The number of carbonyl (C=O) groups excluding carboxylic acids is 1. The van der Waals surface area contributed by atoms with Gasteiger partial charge in [-0.1, -0.05) is 12.1 Å². The van der Waals surface area contributed by atoms with Crippen LogP contribution in [0.4, 0.5) is 13.2 Å². The molecule has 1 amide bonds. The lowest BCUT2D eigenvalue weighted by Gasteiger charge is -2.20. The lowest BCUT2D eigenvalue weighted by atomic mass is 10.1. The third kappa shape index (κ3) is 4.46. The Kier molecular flexibility index (Phi) is 4.88. The maximum atomic E-state index is 12.4. The van der Waals surface area contributed by atoms with E-state index in [9.17, 15) is 18.0 Å². The summed E-state index contributed by atoms with van der Waals surface area (Å²) in [6.45, 7) is 3.25. The number of hydrogen-bond acceptors (Lipinski definition) is 2. The first-order valence-electron chi connectivity index (χ1n) is 7.08. The Labute approximate surface area is 122 Å². The summed E-state index contributed by atoms with van der Waals surface area (Å²) in [7, 11) is 0. The molecule has 0 unspecified atom stereocenters. The summed E-state index contributed by atoms with van der Waals surface area (Å²) in [6, 6.07) is 5.36. The highest BCUT2D eigenvalue weighted by Gasteiger charge is 2.31. The fraction of sp³-hybridized carbons (Fsp3) is 0.533. The number of rotatable bonds is 6. The first kappa shape index (κ1) is 15.8. The van der Waals surface area contributed by atoms with Gasteiger partial charge >= 0.3 is 6.18 Å². The molecule has 0 atom stereocenters. The lowest BCUT2D eigenvalue weighted by molar-refractivity contribution is -0.137. The number of amides is 1. The first-order chi connectivity index (χ1) is 9.91. The van der Waals surface area contributed by atoms with Crippen molar-refractivity contribution in [3.05, 3.63) is 35.4 Å². The predicted octanol–water partition coefficient (Wildman–Crippen LogP) is 2.81. The third-order valence-corrected chi connectivity index (χ3v) is 3.54. The first-order valence-corrected chi connectivity index (χ1v) is 7.08. The number of benzene rings is 1. The zero-order valence-electron chi connectivity index (χ0n) is 11.9. The molecule has 1 fully saturated rings. The van der Waals surface area contributed by atoms with Crippen LogP contribution in [-0.4, -0.2) is 29.9 Å². The summed E-state index contributed by atoms with van der Waals surface area (Å²) in [5, 5.41) is 2.98. The van der Waals surface area contributed by atoms with Gasteiger partial charge < -0.3 is 10.2 Å². The Morgan fingerprint density at radius 1 is 1.29 bits per heavy atom. The Morgan fingerprint density at radius 2 is 1.90 bits per heavy atom. The standard InChI is InChI=1S/C15H19F3N2O/c1-2-20(13-7-8-13)14(21)10-19-9-11-3-5-12(6-4-11)15(16,17)18/h3-6,13,19H,2,7-10H2,1H3. The Bertz CT molecular complexity index is 481. The number of nitrogens with zero attached hydrogens (tertiary/aromatic N) is 1. The van der Waals surface area contributed by atoms with E-state index in [0.717, 1.165) is 30.5 Å². The number of carbonyl (C=O) groups is 1. The van der Waals surface area contributed by atoms with Crippen molar-refractivity contribution in [1.82, 2.24) is 10.2 Å². The van der Waals surface area contributed by atoms with Gasteiger partial charge in [0.05, 0.1) is 12.1 Å². The number of nitrogens with one attached hydrogen (secondary N) is 1. The maximum Gasteiger partial charge on any atom is 0.416 e.